The van der Waals surface area contributed by atoms with E-state index in [2.05, 4.69) is 12.3 Å². The molecule has 0 aromatic rings. The Kier molecular flexibility index (Phi) is 6.93. The van der Waals surface area contributed by atoms with Gasteiger partial charge in [0.25, 0.3) is 0 Å². The molecule has 0 atom stereocenters. The van der Waals surface area contributed by atoms with Gasteiger partial charge in [0.15, 0.2) is 0 Å². The molecule has 0 saturated heterocycles. The van der Waals surface area contributed by atoms with Crippen LogP contribution in [0.4, 0.5) is 0 Å². The molecule has 0 N–H and O–H groups in total. The summed E-state index contributed by atoms with van der Waals surface area (Å²) in [6.45, 7) is 8.10. The summed E-state index contributed by atoms with van der Waals surface area (Å²) >= 11 is 0. The SMILES string of the molecule is C=C=CP(=O)(OCCC)OCCC. The second kappa shape index (κ2) is 7.11. The molecule has 0 saturated carbocycles. The first-order chi connectivity index (χ1) is 6.18. The second-order valence-electron chi connectivity index (χ2n) is 2.54. The summed E-state index contributed by atoms with van der Waals surface area (Å²) in [4.78, 5) is 0. The van der Waals surface area contributed by atoms with E-state index in [0.29, 0.717) is 13.2 Å². The van der Waals surface area contributed by atoms with Gasteiger partial charge in [-0.25, -0.2) is 0 Å². The van der Waals surface area contributed by atoms with E-state index < -0.39 is 7.60 Å². The maximum atomic E-state index is 11.7. The Morgan fingerprint density at radius 3 is 2.08 bits per heavy atom. The van der Waals surface area contributed by atoms with Crippen LogP contribution >= 0.6 is 7.60 Å². The molecule has 0 aromatic heterocycles. The van der Waals surface area contributed by atoms with Gasteiger partial charge in [0.05, 0.1) is 19.0 Å². The van der Waals surface area contributed by atoms with Gasteiger partial charge >= 0.3 is 7.60 Å². The van der Waals surface area contributed by atoms with Crippen LogP contribution in [-0.2, 0) is 13.6 Å². The van der Waals surface area contributed by atoms with Crippen LogP contribution < -0.4 is 0 Å². The summed E-state index contributed by atoms with van der Waals surface area (Å²) in [5.74, 6) is 1.28. The minimum Gasteiger partial charge on any atom is -0.305 e. The molecular formula is C9H17O3P. The molecule has 0 amide bonds. The highest BCUT2D eigenvalue weighted by atomic mass is 31.2. The van der Waals surface area contributed by atoms with Crippen LogP contribution in [0, 0.1) is 0 Å². The molecular weight excluding hydrogens is 187 g/mol. The fraction of sp³-hybridized carbons (Fsp3) is 0.667. The summed E-state index contributed by atoms with van der Waals surface area (Å²) < 4.78 is 21.9. The largest absolute Gasteiger partial charge is 0.361 e. The van der Waals surface area contributed by atoms with Crippen molar-refractivity contribution in [1.82, 2.24) is 0 Å². The summed E-state index contributed by atoms with van der Waals surface area (Å²) in [6.07, 6.45) is 1.62. The average Bonchev–Trinajstić information content (AvgIpc) is 2.12. The Morgan fingerprint density at radius 2 is 1.77 bits per heavy atom. The van der Waals surface area contributed by atoms with Crippen molar-refractivity contribution in [3.05, 3.63) is 18.1 Å². The van der Waals surface area contributed by atoms with Crippen molar-refractivity contribution in [1.29, 1.82) is 0 Å². The van der Waals surface area contributed by atoms with Crippen LogP contribution in [0.5, 0.6) is 0 Å². The predicted octanol–water partition coefficient (Wildman–Crippen LogP) is 3.33. The lowest BCUT2D eigenvalue weighted by Crippen LogP contribution is -1.95. The Labute approximate surface area is 80.0 Å². The molecule has 0 fully saturated rings. The monoisotopic (exact) mass is 204 g/mol. The van der Waals surface area contributed by atoms with Crippen molar-refractivity contribution in [2.45, 2.75) is 26.7 Å². The number of rotatable bonds is 7. The van der Waals surface area contributed by atoms with E-state index in [9.17, 15) is 4.57 Å². The van der Waals surface area contributed by atoms with Gasteiger partial charge in [-0.2, -0.15) is 0 Å². The van der Waals surface area contributed by atoms with Crippen LogP contribution in [0.2, 0.25) is 0 Å². The van der Waals surface area contributed by atoms with Gasteiger partial charge in [-0.05, 0) is 12.8 Å². The van der Waals surface area contributed by atoms with E-state index in [1.54, 1.807) is 0 Å². The lowest BCUT2D eigenvalue weighted by atomic mass is 10.5. The maximum Gasteiger partial charge on any atom is 0.361 e. The normalized spacial score (nSPS) is 10.9. The predicted molar refractivity (Wildman–Crippen MR) is 53.8 cm³/mol. The molecule has 76 valence electrons. The van der Waals surface area contributed by atoms with E-state index in [0.717, 1.165) is 12.8 Å². The fourth-order valence-electron chi connectivity index (χ4n) is 0.661. The van der Waals surface area contributed by atoms with Crippen LogP contribution in [-0.4, -0.2) is 13.2 Å². The summed E-state index contributed by atoms with van der Waals surface area (Å²) in [5, 5.41) is 0. The van der Waals surface area contributed by atoms with E-state index in [4.69, 9.17) is 9.05 Å². The standard InChI is InChI=1S/C9H17O3P/c1-4-7-11-13(10,9-6-3)12-8-5-2/h9H,3-5,7-8H2,1-2H3. The molecule has 0 spiro atoms. The van der Waals surface area contributed by atoms with Crippen LogP contribution in [0.3, 0.4) is 0 Å². The maximum absolute atomic E-state index is 11.7. The van der Waals surface area contributed by atoms with Crippen molar-refractivity contribution < 1.29 is 13.6 Å². The van der Waals surface area contributed by atoms with Gasteiger partial charge in [-0.15, -0.1) is 5.73 Å². The Bertz CT molecular complexity index is 207. The van der Waals surface area contributed by atoms with Crippen LogP contribution in [0.25, 0.3) is 0 Å². The number of hydrogen-bond acceptors (Lipinski definition) is 3. The molecule has 0 heterocycles. The van der Waals surface area contributed by atoms with Gasteiger partial charge in [-0.3, -0.25) is 4.57 Å². The van der Waals surface area contributed by atoms with E-state index in [-0.39, 0.29) is 0 Å². The van der Waals surface area contributed by atoms with Crippen molar-refractivity contribution in [3.8, 4) is 0 Å². The zero-order valence-corrected chi connectivity index (χ0v) is 9.18. The van der Waals surface area contributed by atoms with Crippen LogP contribution in [0.1, 0.15) is 26.7 Å². The van der Waals surface area contributed by atoms with Crippen molar-refractivity contribution in [2.24, 2.45) is 0 Å². The summed E-state index contributed by atoms with van der Waals surface area (Å²) in [5.41, 5.74) is 2.44. The molecule has 0 bridgehead atoms. The van der Waals surface area contributed by atoms with Crippen molar-refractivity contribution in [3.63, 3.8) is 0 Å². The number of hydrogen-bond donors (Lipinski definition) is 0. The molecule has 4 heteroatoms. The second-order valence-corrected chi connectivity index (χ2v) is 4.39. The third kappa shape index (κ3) is 5.84. The van der Waals surface area contributed by atoms with Gasteiger partial charge in [0, 0.05) is 0 Å². The highest BCUT2D eigenvalue weighted by Crippen LogP contribution is 2.49. The lowest BCUT2D eigenvalue weighted by molar-refractivity contribution is 0.212. The highest BCUT2D eigenvalue weighted by Gasteiger charge is 2.19. The Morgan fingerprint density at radius 1 is 1.31 bits per heavy atom. The zero-order valence-electron chi connectivity index (χ0n) is 8.28. The topological polar surface area (TPSA) is 35.5 Å². The van der Waals surface area contributed by atoms with Gasteiger partial charge in [0.2, 0.25) is 0 Å². The smallest absolute Gasteiger partial charge is 0.305 e. The molecule has 0 aliphatic heterocycles. The zero-order chi connectivity index (χ0) is 10.2. The minimum atomic E-state index is -3.05. The Hall–Kier alpha value is -0.330. The fourth-order valence-corrected chi connectivity index (χ4v) is 1.98. The first-order valence-corrected chi connectivity index (χ1v) is 6.05. The average molecular weight is 204 g/mol. The van der Waals surface area contributed by atoms with E-state index >= 15 is 0 Å². The third-order valence-electron chi connectivity index (χ3n) is 1.20. The Balaban J connectivity index is 4.16. The first kappa shape index (κ1) is 12.7. The van der Waals surface area contributed by atoms with E-state index in [1.807, 2.05) is 13.8 Å². The third-order valence-corrected chi connectivity index (χ3v) is 2.78. The summed E-state index contributed by atoms with van der Waals surface area (Å²) in [7, 11) is -3.05. The molecule has 0 radical (unpaired) electrons. The first-order valence-electron chi connectivity index (χ1n) is 4.44. The minimum absolute atomic E-state index is 0.430. The van der Waals surface area contributed by atoms with Gasteiger partial charge in [0.1, 0.15) is 0 Å². The molecule has 3 nitrogen and oxygen atoms in total. The van der Waals surface area contributed by atoms with Gasteiger partial charge < -0.3 is 9.05 Å². The van der Waals surface area contributed by atoms with Gasteiger partial charge in [-0.1, -0.05) is 20.4 Å². The van der Waals surface area contributed by atoms with Crippen molar-refractivity contribution >= 4 is 7.60 Å². The molecule has 0 aromatic carbocycles. The quantitative estimate of drug-likeness (QED) is 0.471. The molecule has 13 heavy (non-hydrogen) atoms. The molecule has 0 aliphatic rings. The van der Waals surface area contributed by atoms with E-state index in [1.165, 1.54) is 5.82 Å². The molecule has 0 aliphatic carbocycles. The van der Waals surface area contributed by atoms with Crippen LogP contribution in [0.15, 0.2) is 18.1 Å². The summed E-state index contributed by atoms with van der Waals surface area (Å²) in [6, 6.07) is 0. The molecule has 0 rings (SSSR count). The lowest BCUT2D eigenvalue weighted by Gasteiger charge is -2.12. The highest BCUT2D eigenvalue weighted by molar-refractivity contribution is 7.57. The molecule has 0 unspecified atom stereocenters. The van der Waals surface area contributed by atoms with Crippen molar-refractivity contribution in [2.75, 3.05) is 13.2 Å².